The molecule has 1 fully saturated rings. The van der Waals surface area contributed by atoms with Crippen LogP contribution in [-0.2, 0) is 10.2 Å². The summed E-state index contributed by atoms with van der Waals surface area (Å²) in [6.07, 6.45) is 2.75. The number of hydrogen-bond acceptors (Lipinski definition) is 1. The number of ketones is 1. The standard InChI is InChI=1S/C15H20O/c1-14(2,3)11-13(16)15(9-10-15)12-7-5-4-6-8-12/h4-8H,9-11H2,1-3H3. The van der Waals surface area contributed by atoms with Crippen molar-refractivity contribution in [2.45, 2.75) is 45.4 Å². The van der Waals surface area contributed by atoms with Gasteiger partial charge in [0, 0.05) is 6.42 Å². The topological polar surface area (TPSA) is 17.1 Å². The Labute approximate surface area is 97.9 Å². The van der Waals surface area contributed by atoms with Crippen molar-refractivity contribution in [1.29, 1.82) is 0 Å². The van der Waals surface area contributed by atoms with Gasteiger partial charge in [-0.05, 0) is 23.8 Å². The van der Waals surface area contributed by atoms with Gasteiger partial charge >= 0.3 is 0 Å². The molecule has 0 saturated heterocycles. The summed E-state index contributed by atoms with van der Waals surface area (Å²) in [5.41, 5.74) is 1.18. The van der Waals surface area contributed by atoms with Crippen molar-refractivity contribution in [1.82, 2.24) is 0 Å². The van der Waals surface area contributed by atoms with Crippen LogP contribution in [0.5, 0.6) is 0 Å². The molecule has 1 saturated carbocycles. The second-order valence-electron chi connectivity index (χ2n) is 6.11. The normalized spacial score (nSPS) is 18.2. The van der Waals surface area contributed by atoms with Crippen molar-refractivity contribution in [3.05, 3.63) is 35.9 Å². The van der Waals surface area contributed by atoms with E-state index in [1.165, 1.54) is 5.56 Å². The molecule has 1 nitrogen and oxygen atoms in total. The van der Waals surface area contributed by atoms with E-state index in [0.29, 0.717) is 12.2 Å². The Morgan fingerprint density at radius 2 is 1.75 bits per heavy atom. The molecule has 0 unspecified atom stereocenters. The molecule has 0 aliphatic heterocycles. The Kier molecular flexibility index (Phi) is 2.65. The van der Waals surface area contributed by atoms with Crippen LogP contribution in [0.2, 0.25) is 0 Å². The molecule has 0 spiro atoms. The van der Waals surface area contributed by atoms with Crippen LogP contribution in [0.25, 0.3) is 0 Å². The van der Waals surface area contributed by atoms with Crippen molar-refractivity contribution in [3.63, 3.8) is 0 Å². The zero-order valence-electron chi connectivity index (χ0n) is 10.4. The zero-order chi connectivity index (χ0) is 11.8. The van der Waals surface area contributed by atoms with E-state index in [-0.39, 0.29) is 10.8 Å². The highest BCUT2D eigenvalue weighted by molar-refractivity contribution is 5.93. The third kappa shape index (κ3) is 2.18. The van der Waals surface area contributed by atoms with Crippen LogP contribution < -0.4 is 0 Å². The Morgan fingerprint density at radius 1 is 1.19 bits per heavy atom. The van der Waals surface area contributed by atoms with Gasteiger partial charge in [-0.25, -0.2) is 0 Å². The minimum atomic E-state index is -0.130. The van der Waals surface area contributed by atoms with Gasteiger partial charge in [0.25, 0.3) is 0 Å². The molecule has 1 aliphatic rings. The van der Waals surface area contributed by atoms with Gasteiger partial charge in [-0.2, -0.15) is 0 Å². The van der Waals surface area contributed by atoms with Crippen molar-refractivity contribution in [3.8, 4) is 0 Å². The lowest BCUT2D eigenvalue weighted by atomic mass is 9.81. The Bertz CT molecular complexity index is 380. The second-order valence-corrected chi connectivity index (χ2v) is 6.11. The fourth-order valence-electron chi connectivity index (χ4n) is 2.26. The summed E-state index contributed by atoms with van der Waals surface area (Å²) in [4.78, 5) is 12.3. The van der Waals surface area contributed by atoms with Crippen LogP contribution in [0.1, 0.15) is 45.6 Å². The molecule has 0 amide bonds. The molecule has 1 aromatic rings. The van der Waals surface area contributed by atoms with Gasteiger partial charge < -0.3 is 0 Å². The molecule has 0 aromatic heterocycles. The Morgan fingerprint density at radius 3 is 2.19 bits per heavy atom. The van der Waals surface area contributed by atoms with Crippen molar-refractivity contribution >= 4 is 5.78 Å². The highest BCUT2D eigenvalue weighted by atomic mass is 16.1. The minimum Gasteiger partial charge on any atom is -0.299 e. The first-order valence-corrected chi connectivity index (χ1v) is 6.03. The molecule has 0 radical (unpaired) electrons. The van der Waals surface area contributed by atoms with Crippen LogP contribution in [0.3, 0.4) is 0 Å². The SMILES string of the molecule is CC(C)(C)CC(=O)C1(c2ccccc2)CC1. The number of benzene rings is 1. The van der Waals surface area contributed by atoms with E-state index in [1.54, 1.807) is 0 Å². The third-order valence-electron chi connectivity index (χ3n) is 3.30. The first kappa shape index (κ1) is 11.4. The predicted molar refractivity (Wildman–Crippen MR) is 66.4 cm³/mol. The van der Waals surface area contributed by atoms with Gasteiger partial charge in [0.15, 0.2) is 0 Å². The third-order valence-corrected chi connectivity index (χ3v) is 3.30. The lowest BCUT2D eigenvalue weighted by Gasteiger charge is -2.22. The molecule has 16 heavy (non-hydrogen) atoms. The number of Topliss-reactive ketones (excluding diaryl/α,β-unsaturated/α-hetero) is 1. The molecular formula is C15H20O. The first-order valence-electron chi connectivity index (χ1n) is 6.03. The summed E-state index contributed by atoms with van der Waals surface area (Å²) in [6.45, 7) is 6.39. The van der Waals surface area contributed by atoms with Gasteiger partial charge in [-0.15, -0.1) is 0 Å². The van der Waals surface area contributed by atoms with Gasteiger partial charge in [-0.3, -0.25) is 4.79 Å². The molecule has 1 heteroatoms. The summed E-state index contributed by atoms with van der Waals surface area (Å²) in [5.74, 6) is 0.422. The Hall–Kier alpha value is -1.11. The van der Waals surface area contributed by atoms with Crippen LogP contribution in [0.15, 0.2) is 30.3 Å². The fraction of sp³-hybridized carbons (Fsp3) is 0.533. The quantitative estimate of drug-likeness (QED) is 0.752. The summed E-state index contributed by atoms with van der Waals surface area (Å²) in [7, 11) is 0. The van der Waals surface area contributed by atoms with E-state index in [0.717, 1.165) is 12.8 Å². The smallest absolute Gasteiger partial charge is 0.143 e. The van der Waals surface area contributed by atoms with E-state index in [4.69, 9.17) is 0 Å². The van der Waals surface area contributed by atoms with Gasteiger partial charge in [0.1, 0.15) is 5.78 Å². The molecular weight excluding hydrogens is 196 g/mol. The molecule has 2 rings (SSSR count). The van der Waals surface area contributed by atoms with E-state index in [1.807, 2.05) is 18.2 Å². The van der Waals surface area contributed by atoms with E-state index in [2.05, 4.69) is 32.9 Å². The zero-order valence-corrected chi connectivity index (χ0v) is 10.4. The van der Waals surface area contributed by atoms with Gasteiger partial charge in [-0.1, -0.05) is 51.1 Å². The van der Waals surface area contributed by atoms with Crippen LogP contribution in [-0.4, -0.2) is 5.78 Å². The predicted octanol–water partition coefficient (Wildman–Crippen LogP) is 3.72. The van der Waals surface area contributed by atoms with Crippen molar-refractivity contribution < 1.29 is 4.79 Å². The average molecular weight is 216 g/mol. The van der Waals surface area contributed by atoms with E-state index >= 15 is 0 Å². The molecule has 0 heterocycles. The molecule has 0 atom stereocenters. The lowest BCUT2D eigenvalue weighted by Crippen LogP contribution is -2.25. The van der Waals surface area contributed by atoms with E-state index < -0.39 is 0 Å². The van der Waals surface area contributed by atoms with Crippen LogP contribution in [0.4, 0.5) is 0 Å². The highest BCUT2D eigenvalue weighted by Crippen LogP contribution is 2.50. The van der Waals surface area contributed by atoms with Gasteiger partial charge in [0.2, 0.25) is 0 Å². The maximum Gasteiger partial charge on any atom is 0.143 e. The first-order chi connectivity index (χ1) is 7.44. The van der Waals surface area contributed by atoms with Crippen molar-refractivity contribution in [2.24, 2.45) is 5.41 Å². The van der Waals surface area contributed by atoms with E-state index in [9.17, 15) is 4.79 Å². The number of carbonyl (C=O) groups is 1. The summed E-state index contributed by atoms with van der Waals surface area (Å²) >= 11 is 0. The van der Waals surface area contributed by atoms with Crippen LogP contribution in [0, 0.1) is 5.41 Å². The lowest BCUT2D eigenvalue weighted by molar-refractivity contribution is -0.123. The molecule has 86 valence electrons. The Balaban J connectivity index is 2.18. The van der Waals surface area contributed by atoms with Crippen molar-refractivity contribution in [2.75, 3.05) is 0 Å². The minimum absolute atomic E-state index is 0.0987. The number of rotatable bonds is 3. The molecule has 1 aliphatic carbocycles. The summed E-state index contributed by atoms with van der Waals surface area (Å²) in [5, 5.41) is 0. The highest BCUT2D eigenvalue weighted by Gasteiger charge is 2.50. The molecule has 0 N–H and O–H groups in total. The average Bonchev–Trinajstić information content (AvgIpc) is 2.97. The molecule has 1 aromatic carbocycles. The van der Waals surface area contributed by atoms with Gasteiger partial charge in [0.05, 0.1) is 5.41 Å². The largest absolute Gasteiger partial charge is 0.299 e. The molecule has 0 bridgehead atoms. The monoisotopic (exact) mass is 216 g/mol. The maximum absolute atomic E-state index is 12.3. The summed E-state index contributed by atoms with van der Waals surface area (Å²) in [6, 6.07) is 10.2. The number of carbonyl (C=O) groups excluding carboxylic acids is 1. The van der Waals surface area contributed by atoms with Crippen LogP contribution >= 0.6 is 0 Å². The number of hydrogen-bond donors (Lipinski definition) is 0. The second kappa shape index (κ2) is 3.73. The fourth-order valence-corrected chi connectivity index (χ4v) is 2.26. The maximum atomic E-state index is 12.3. The summed E-state index contributed by atoms with van der Waals surface area (Å²) < 4.78 is 0.